The van der Waals surface area contributed by atoms with Crippen LogP contribution in [0.25, 0.3) is 0 Å². The summed E-state index contributed by atoms with van der Waals surface area (Å²) in [4.78, 5) is 27.6. The van der Waals surface area contributed by atoms with Crippen LogP contribution in [0, 0.1) is 11.8 Å². The number of piperidine rings is 1. The fourth-order valence-electron chi connectivity index (χ4n) is 4.45. The minimum Gasteiger partial charge on any atom is -0.342 e. The highest BCUT2D eigenvalue weighted by molar-refractivity contribution is 5.92. The molecule has 1 heterocycles. The molecule has 0 atom stereocenters. The molecular weight excluding hydrogens is 336 g/mol. The highest BCUT2D eigenvalue weighted by Gasteiger charge is 2.43. The van der Waals surface area contributed by atoms with E-state index >= 15 is 0 Å². The van der Waals surface area contributed by atoms with Crippen LogP contribution in [0.3, 0.4) is 0 Å². The molecular formula is C23H34N2O2. The van der Waals surface area contributed by atoms with Crippen molar-refractivity contribution in [2.75, 3.05) is 18.4 Å². The summed E-state index contributed by atoms with van der Waals surface area (Å²) < 4.78 is 0. The molecule has 0 spiro atoms. The average Bonchev–Trinajstić information content (AvgIpc) is 2.69. The molecule has 1 saturated heterocycles. The average molecular weight is 371 g/mol. The van der Waals surface area contributed by atoms with Gasteiger partial charge in [0.2, 0.25) is 11.8 Å². The Labute approximate surface area is 163 Å². The first-order chi connectivity index (χ1) is 12.9. The summed E-state index contributed by atoms with van der Waals surface area (Å²) in [6, 6.07) is 8.03. The molecule has 1 aliphatic heterocycles. The van der Waals surface area contributed by atoms with Gasteiger partial charge in [0.1, 0.15) is 0 Å². The molecule has 4 nitrogen and oxygen atoms in total. The standard InChI is InChI=1S/C23H34N2O2/c1-17(2)21(26)24-20-9-7-19(8-10-20)23(13-5-4-6-14-23)22(27)25-15-11-18(3)12-16-25/h7-10,17-18H,4-6,11-16H2,1-3H3,(H,24,26). The molecule has 0 aromatic heterocycles. The summed E-state index contributed by atoms with van der Waals surface area (Å²) in [5.74, 6) is 1.03. The van der Waals surface area contributed by atoms with Gasteiger partial charge in [0.15, 0.2) is 0 Å². The van der Waals surface area contributed by atoms with E-state index in [0.717, 1.165) is 68.8 Å². The fraction of sp³-hybridized carbons (Fsp3) is 0.652. The van der Waals surface area contributed by atoms with Gasteiger partial charge in [-0.05, 0) is 49.3 Å². The molecule has 3 rings (SSSR count). The van der Waals surface area contributed by atoms with E-state index in [2.05, 4.69) is 29.3 Å². The fourth-order valence-corrected chi connectivity index (χ4v) is 4.45. The maximum absolute atomic E-state index is 13.6. The Morgan fingerprint density at radius 1 is 1.04 bits per heavy atom. The zero-order chi connectivity index (χ0) is 19.4. The van der Waals surface area contributed by atoms with Crippen molar-refractivity contribution in [3.05, 3.63) is 29.8 Å². The number of rotatable bonds is 4. The van der Waals surface area contributed by atoms with Crippen molar-refractivity contribution in [1.29, 1.82) is 0 Å². The Hall–Kier alpha value is -1.84. The number of carbonyl (C=O) groups is 2. The molecule has 1 aromatic rings. The van der Waals surface area contributed by atoms with Gasteiger partial charge in [0.05, 0.1) is 5.41 Å². The van der Waals surface area contributed by atoms with E-state index in [1.807, 2.05) is 26.0 Å². The number of benzene rings is 1. The largest absolute Gasteiger partial charge is 0.342 e. The van der Waals surface area contributed by atoms with E-state index in [0.29, 0.717) is 5.91 Å². The number of anilines is 1. The van der Waals surface area contributed by atoms with Gasteiger partial charge < -0.3 is 10.2 Å². The molecule has 2 amide bonds. The summed E-state index contributed by atoms with van der Waals surface area (Å²) in [6.07, 6.45) is 7.55. The van der Waals surface area contributed by atoms with Crippen molar-refractivity contribution in [2.24, 2.45) is 11.8 Å². The summed E-state index contributed by atoms with van der Waals surface area (Å²) in [7, 11) is 0. The Kier molecular flexibility index (Phi) is 6.23. The van der Waals surface area contributed by atoms with Crippen LogP contribution in [0.2, 0.25) is 0 Å². The van der Waals surface area contributed by atoms with E-state index in [9.17, 15) is 9.59 Å². The van der Waals surface area contributed by atoms with Crippen LogP contribution in [-0.2, 0) is 15.0 Å². The van der Waals surface area contributed by atoms with Gasteiger partial charge >= 0.3 is 0 Å². The molecule has 0 bridgehead atoms. The number of likely N-dealkylation sites (tertiary alicyclic amines) is 1. The molecule has 2 aliphatic rings. The first kappa shape index (κ1) is 19.9. The van der Waals surface area contributed by atoms with Gasteiger partial charge in [-0.2, -0.15) is 0 Å². The SMILES string of the molecule is CC1CCN(C(=O)C2(c3ccc(NC(=O)C(C)C)cc3)CCCCC2)CC1. The first-order valence-electron chi connectivity index (χ1n) is 10.6. The highest BCUT2D eigenvalue weighted by atomic mass is 16.2. The van der Waals surface area contributed by atoms with Crippen molar-refractivity contribution < 1.29 is 9.59 Å². The molecule has 27 heavy (non-hydrogen) atoms. The van der Waals surface area contributed by atoms with E-state index < -0.39 is 0 Å². The molecule has 1 aliphatic carbocycles. The van der Waals surface area contributed by atoms with E-state index in [1.165, 1.54) is 6.42 Å². The maximum Gasteiger partial charge on any atom is 0.233 e. The van der Waals surface area contributed by atoms with Crippen LogP contribution in [0.5, 0.6) is 0 Å². The third kappa shape index (κ3) is 4.36. The second kappa shape index (κ2) is 8.45. The summed E-state index contributed by atoms with van der Waals surface area (Å²) >= 11 is 0. The Morgan fingerprint density at radius 3 is 2.19 bits per heavy atom. The van der Waals surface area contributed by atoms with Crippen molar-refractivity contribution in [2.45, 2.75) is 71.1 Å². The predicted molar refractivity (Wildman–Crippen MR) is 110 cm³/mol. The first-order valence-corrected chi connectivity index (χ1v) is 10.6. The van der Waals surface area contributed by atoms with Crippen LogP contribution in [0.1, 0.15) is 71.3 Å². The zero-order valence-corrected chi connectivity index (χ0v) is 17.1. The van der Waals surface area contributed by atoms with Crippen LogP contribution in [0.4, 0.5) is 5.69 Å². The topological polar surface area (TPSA) is 49.4 Å². The highest BCUT2D eigenvalue weighted by Crippen LogP contribution is 2.42. The maximum atomic E-state index is 13.6. The van der Waals surface area contributed by atoms with Gasteiger partial charge in [0, 0.05) is 24.7 Å². The molecule has 2 fully saturated rings. The third-order valence-corrected chi connectivity index (χ3v) is 6.42. The van der Waals surface area contributed by atoms with Gasteiger partial charge in [-0.1, -0.05) is 52.2 Å². The lowest BCUT2D eigenvalue weighted by molar-refractivity contribution is -0.140. The summed E-state index contributed by atoms with van der Waals surface area (Å²) in [6.45, 7) is 7.84. The van der Waals surface area contributed by atoms with Gasteiger partial charge in [-0.3, -0.25) is 9.59 Å². The Morgan fingerprint density at radius 2 is 1.63 bits per heavy atom. The number of nitrogens with one attached hydrogen (secondary N) is 1. The van der Waals surface area contributed by atoms with Gasteiger partial charge in [-0.25, -0.2) is 0 Å². The second-order valence-corrected chi connectivity index (χ2v) is 8.84. The second-order valence-electron chi connectivity index (χ2n) is 8.84. The lowest BCUT2D eigenvalue weighted by atomic mass is 9.68. The van der Waals surface area contributed by atoms with E-state index in [4.69, 9.17) is 0 Å². The van der Waals surface area contributed by atoms with Crippen LogP contribution < -0.4 is 5.32 Å². The third-order valence-electron chi connectivity index (χ3n) is 6.42. The Bertz CT molecular complexity index is 651. The zero-order valence-electron chi connectivity index (χ0n) is 17.1. The number of amides is 2. The van der Waals surface area contributed by atoms with Crippen LogP contribution >= 0.6 is 0 Å². The van der Waals surface area contributed by atoms with E-state index in [-0.39, 0.29) is 17.2 Å². The number of nitrogens with zero attached hydrogens (tertiary/aromatic N) is 1. The molecule has 1 N–H and O–H groups in total. The molecule has 0 unspecified atom stereocenters. The van der Waals surface area contributed by atoms with Crippen molar-refractivity contribution in [1.82, 2.24) is 4.90 Å². The normalized spacial score (nSPS) is 20.5. The van der Waals surface area contributed by atoms with Gasteiger partial charge in [-0.15, -0.1) is 0 Å². The monoisotopic (exact) mass is 370 g/mol. The van der Waals surface area contributed by atoms with Gasteiger partial charge in [0.25, 0.3) is 0 Å². The van der Waals surface area contributed by atoms with Crippen LogP contribution in [-0.4, -0.2) is 29.8 Å². The summed E-state index contributed by atoms with van der Waals surface area (Å²) in [5, 5.41) is 2.95. The lowest BCUT2D eigenvalue weighted by Crippen LogP contribution is -2.50. The molecule has 4 heteroatoms. The predicted octanol–water partition coefficient (Wildman–Crippen LogP) is 4.74. The molecule has 148 valence electrons. The smallest absolute Gasteiger partial charge is 0.233 e. The lowest BCUT2D eigenvalue weighted by Gasteiger charge is -2.42. The minimum absolute atomic E-state index is 0.0219. The minimum atomic E-state index is -0.376. The van der Waals surface area contributed by atoms with Crippen molar-refractivity contribution >= 4 is 17.5 Å². The number of carbonyl (C=O) groups excluding carboxylic acids is 2. The Balaban J connectivity index is 1.81. The molecule has 1 saturated carbocycles. The van der Waals surface area contributed by atoms with Crippen molar-refractivity contribution in [3.63, 3.8) is 0 Å². The van der Waals surface area contributed by atoms with E-state index in [1.54, 1.807) is 0 Å². The van der Waals surface area contributed by atoms with Crippen molar-refractivity contribution in [3.8, 4) is 0 Å². The number of hydrogen-bond acceptors (Lipinski definition) is 2. The summed E-state index contributed by atoms with van der Waals surface area (Å²) in [5.41, 5.74) is 1.55. The molecule has 0 radical (unpaired) electrons. The quantitative estimate of drug-likeness (QED) is 0.832. The van der Waals surface area contributed by atoms with Crippen LogP contribution in [0.15, 0.2) is 24.3 Å². The molecule has 1 aromatic carbocycles. The number of hydrogen-bond donors (Lipinski definition) is 1.